The lowest BCUT2D eigenvalue weighted by Gasteiger charge is -2.53. The van der Waals surface area contributed by atoms with Crippen LogP contribution in [-0.4, -0.2) is 129 Å². The van der Waals surface area contributed by atoms with Crippen LogP contribution in [0.15, 0.2) is 47.2 Å². The quantitative estimate of drug-likeness (QED) is 0.331. The topological polar surface area (TPSA) is 246 Å². The molecule has 3 aliphatic carbocycles. The summed E-state index contributed by atoms with van der Waals surface area (Å²) in [6.45, 7) is 8.41. The number of aliphatic hydroxyl groups is 2. The second kappa shape index (κ2) is 14.5. The third-order valence-corrected chi connectivity index (χ3v) is 13.3. The van der Waals surface area contributed by atoms with Crippen molar-refractivity contribution in [1.29, 1.82) is 0 Å². The lowest BCUT2D eigenvalue weighted by molar-refractivity contribution is -0.347. The maximum atomic E-state index is 14.4. The lowest BCUT2D eigenvalue weighted by atomic mass is 9.57. The Bertz CT molecular complexity index is 2160. The monoisotopic (exact) mass is 835 g/mol. The van der Waals surface area contributed by atoms with Crippen LogP contribution in [0.2, 0.25) is 0 Å². The van der Waals surface area contributed by atoms with Gasteiger partial charge in [-0.2, -0.15) is 0 Å². The first-order valence-corrected chi connectivity index (χ1v) is 20.5. The maximum absolute atomic E-state index is 14.4. The third-order valence-electron chi connectivity index (χ3n) is 13.3. The fourth-order valence-electron chi connectivity index (χ4n) is 10.1. The number of hydrogen-bond acceptors (Lipinski definition) is 17. The smallest absolute Gasteiger partial charge is 0.199 e. The molecule has 15 atom stereocenters. The Morgan fingerprint density at radius 3 is 2.38 bits per heavy atom. The van der Waals surface area contributed by atoms with Crippen molar-refractivity contribution >= 4 is 28.9 Å². The van der Waals surface area contributed by atoms with E-state index in [1.54, 1.807) is 34.6 Å². The second-order valence-electron chi connectivity index (χ2n) is 17.6. The number of ketones is 5. The number of allylic oxidation sites excluding steroid dienone is 2. The first-order valence-electron chi connectivity index (χ1n) is 20.5. The van der Waals surface area contributed by atoms with E-state index >= 15 is 0 Å². The zero-order valence-electron chi connectivity index (χ0n) is 33.8. The van der Waals surface area contributed by atoms with Gasteiger partial charge in [0.05, 0.1) is 53.0 Å². The minimum absolute atomic E-state index is 0.104. The molecule has 9 rings (SSSR count). The van der Waals surface area contributed by atoms with Gasteiger partial charge in [0.1, 0.15) is 35.8 Å². The Morgan fingerprint density at radius 1 is 0.867 bits per heavy atom. The molecule has 60 heavy (non-hydrogen) atoms. The molecule has 5 fully saturated rings. The van der Waals surface area contributed by atoms with Gasteiger partial charge in [-0.1, -0.05) is 12.1 Å². The number of hydrogen-bond donors (Lipinski definition) is 4. The van der Waals surface area contributed by atoms with Crippen molar-refractivity contribution < 1.29 is 77.2 Å². The van der Waals surface area contributed by atoms with Crippen molar-refractivity contribution in [2.24, 2.45) is 5.73 Å². The molecule has 5 N–H and O–H groups in total. The number of fused-ring (bicyclic) bond motifs is 5. The number of phenolic OH excluding ortho intramolecular Hbond substituents is 1. The zero-order valence-corrected chi connectivity index (χ0v) is 33.8. The van der Waals surface area contributed by atoms with Crippen molar-refractivity contribution in [3.63, 3.8) is 0 Å². The Morgan fingerprint density at radius 2 is 1.63 bits per heavy atom. The number of ether oxygens (including phenoxy) is 8. The van der Waals surface area contributed by atoms with Crippen molar-refractivity contribution in [2.45, 2.75) is 164 Å². The largest absolute Gasteiger partial charge is 0.507 e. The number of carbonyl (C=O) groups excluding carboxylic acids is 5. The average molecular weight is 836 g/mol. The van der Waals surface area contributed by atoms with Crippen LogP contribution in [0.3, 0.4) is 0 Å². The third kappa shape index (κ3) is 6.48. The minimum Gasteiger partial charge on any atom is -0.507 e. The molecule has 1 aromatic carbocycles. The van der Waals surface area contributed by atoms with Crippen LogP contribution in [0, 0.1) is 0 Å². The summed E-state index contributed by atoms with van der Waals surface area (Å²) in [6.07, 6.45) is -4.00. The van der Waals surface area contributed by atoms with Crippen molar-refractivity contribution in [3.8, 4) is 5.75 Å². The molecule has 0 amide bonds. The van der Waals surface area contributed by atoms with Gasteiger partial charge in [-0.15, -0.1) is 0 Å². The molecule has 0 unspecified atom stereocenters. The molecule has 17 heteroatoms. The predicted molar refractivity (Wildman–Crippen MR) is 202 cm³/mol. The molecule has 0 bridgehead atoms. The lowest BCUT2D eigenvalue weighted by Crippen LogP contribution is -2.69. The number of nitrogens with two attached hydrogens (primary N) is 1. The molecular formula is C43H49NO16. The molecular weight excluding hydrogens is 786 g/mol. The molecule has 5 heterocycles. The summed E-state index contributed by atoms with van der Waals surface area (Å²) < 4.78 is 48.6. The van der Waals surface area contributed by atoms with E-state index in [1.165, 1.54) is 24.3 Å². The molecule has 1 saturated carbocycles. The first-order chi connectivity index (χ1) is 28.3. The molecule has 322 valence electrons. The van der Waals surface area contributed by atoms with Gasteiger partial charge in [-0.05, 0) is 53.2 Å². The van der Waals surface area contributed by atoms with Crippen LogP contribution in [-0.2, 0) is 52.3 Å². The second-order valence-corrected chi connectivity index (χ2v) is 17.6. The number of phenols is 1. The van der Waals surface area contributed by atoms with Gasteiger partial charge in [0.25, 0.3) is 0 Å². The average Bonchev–Trinajstić information content (AvgIpc) is 3.17. The summed E-state index contributed by atoms with van der Waals surface area (Å²) in [4.78, 5) is 67.1. The molecule has 0 aromatic heterocycles. The molecule has 4 saturated heterocycles. The SMILES string of the molecule is C[C@@H]1O[C@@H](O[C@H]2CC[C@H](O[C@@]3(C)CC(=O)[C@]4(O)C5=C(C=C[C@]4(O)C3)C(=O)c3c(ccc([C@H]4C[C@@H]6O[C@H]7CC(=O)[C@H](C)O[C@H]7O[C@@H]6[C@@H](C)O4)c3O)C5=O)O[C@H]2C)C(N)=CC1=O. The molecule has 0 spiro atoms. The highest BCUT2D eigenvalue weighted by molar-refractivity contribution is 6.32. The fourth-order valence-corrected chi connectivity index (χ4v) is 10.1. The van der Waals surface area contributed by atoms with Gasteiger partial charge in [-0.25, -0.2) is 0 Å². The number of benzene rings is 1. The summed E-state index contributed by atoms with van der Waals surface area (Å²) in [7, 11) is 0. The number of carbonyl (C=O) groups is 5. The summed E-state index contributed by atoms with van der Waals surface area (Å²) in [5.74, 6) is -3.54. The fraction of sp³-hybridized carbons (Fsp3) is 0.605. The normalized spacial score (nSPS) is 44.0. The van der Waals surface area contributed by atoms with E-state index in [2.05, 4.69) is 0 Å². The zero-order chi connectivity index (χ0) is 42.8. The van der Waals surface area contributed by atoms with Crippen LogP contribution in [0.4, 0.5) is 0 Å². The Kier molecular flexibility index (Phi) is 10.0. The van der Waals surface area contributed by atoms with Gasteiger partial charge in [-0.3, -0.25) is 24.0 Å². The van der Waals surface area contributed by atoms with Crippen LogP contribution >= 0.6 is 0 Å². The summed E-state index contributed by atoms with van der Waals surface area (Å²) in [5.41, 5.74) is -1.72. The van der Waals surface area contributed by atoms with Gasteiger partial charge >= 0.3 is 0 Å². The Balaban J connectivity index is 0.909. The Hall–Kier alpha value is -4.01. The van der Waals surface area contributed by atoms with E-state index in [0.29, 0.717) is 12.8 Å². The van der Waals surface area contributed by atoms with Crippen LogP contribution in [0.1, 0.15) is 106 Å². The van der Waals surface area contributed by atoms with Crippen molar-refractivity contribution in [2.75, 3.05) is 0 Å². The van der Waals surface area contributed by atoms with E-state index in [4.69, 9.17) is 43.6 Å². The van der Waals surface area contributed by atoms with E-state index in [1.807, 2.05) is 0 Å². The van der Waals surface area contributed by atoms with Gasteiger partial charge < -0.3 is 58.9 Å². The molecule has 1 aromatic rings. The molecule has 17 nitrogen and oxygen atoms in total. The highest BCUT2D eigenvalue weighted by Crippen LogP contribution is 2.53. The van der Waals surface area contributed by atoms with Crippen molar-refractivity contribution in [1.82, 2.24) is 0 Å². The van der Waals surface area contributed by atoms with E-state index in [0.717, 1.165) is 6.08 Å². The Labute approximate surface area is 344 Å². The van der Waals surface area contributed by atoms with Gasteiger partial charge in [0.15, 0.2) is 53.4 Å². The van der Waals surface area contributed by atoms with E-state index < -0.39 is 126 Å². The van der Waals surface area contributed by atoms with Crippen molar-refractivity contribution in [3.05, 3.63) is 63.9 Å². The molecule has 5 aliphatic heterocycles. The van der Waals surface area contributed by atoms with E-state index in [9.17, 15) is 39.3 Å². The first kappa shape index (κ1) is 41.3. The van der Waals surface area contributed by atoms with E-state index in [-0.39, 0.29) is 58.8 Å². The number of Topliss-reactive ketones (excluding diaryl/α,β-unsaturated/α-hetero) is 4. The number of aromatic hydroxyl groups is 1. The molecule has 8 aliphatic rings. The summed E-state index contributed by atoms with van der Waals surface area (Å²) in [5, 5.41) is 36.1. The van der Waals surface area contributed by atoms with Crippen LogP contribution in [0.25, 0.3) is 0 Å². The molecule has 0 radical (unpaired) electrons. The number of rotatable bonds is 5. The summed E-state index contributed by atoms with van der Waals surface area (Å²) in [6, 6.07) is 2.78. The predicted octanol–water partition coefficient (Wildman–Crippen LogP) is 2.01. The van der Waals surface area contributed by atoms with Gasteiger partial charge in [0.2, 0.25) is 0 Å². The highest BCUT2D eigenvalue weighted by atomic mass is 16.7. The highest BCUT2D eigenvalue weighted by Gasteiger charge is 2.67. The maximum Gasteiger partial charge on any atom is 0.199 e. The van der Waals surface area contributed by atoms with Crippen LogP contribution < -0.4 is 5.73 Å². The standard InChI is InChI=1S/C43H49NO16/c1-17-25(45)12-24(44)39(55-17)58-27-8-9-32(54-19(27)3)60-41(5)15-31(47)43(52)34-23(10-11-42(43,51)16-41)36(49)33-22(37(34)50)7-6-21(35(33)48)28-14-29-38(20(4)53-28)59-40-30(57-29)13-26(46)18(2)56-40/h6-7,10-12,17-20,27-30,32,38-40,48,51-52H,8-9,13-16,44H2,1-5H3/t17-,18-,19-,20+,27-,28+,29-,30-,32-,38+,39-,40-,41-,42-,43-/m0/s1. The van der Waals surface area contributed by atoms with Gasteiger partial charge in [0, 0.05) is 54.9 Å². The summed E-state index contributed by atoms with van der Waals surface area (Å²) >= 11 is 0. The van der Waals surface area contributed by atoms with Crippen LogP contribution in [0.5, 0.6) is 5.75 Å². The minimum atomic E-state index is -2.82.